The summed E-state index contributed by atoms with van der Waals surface area (Å²) in [7, 11) is 0. The Morgan fingerprint density at radius 1 is 1.67 bits per heavy atom. The van der Waals surface area contributed by atoms with Crippen LogP contribution in [0.1, 0.15) is 19.3 Å². The second-order valence-corrected chi connectivity index (χ2v) is 4.78. The van der Waals surface area contributed by atoms with Crippen LogP contribution in [0.2, 0.25) is 5.15 Å². The van der Waals surface area contributed by atoms with Crippen LogP contribution in [-0.4, -0.2) is 23.5 Å². The van der Waals surface area contributed by atoms with Gasteiger partial charge in [-0.15, -0.1) is 11.3 Å². The Morgan fingerprint density at radius 2 is 2.47 bits per heavy atom. The molecule has 15 heavy (non-hydrogen) atoms. The van der Waals surface area contributed by atoms with E-state index in [1.807, 2.05) is 4.90 Å². The Morgan fingerprint density at radius 3 is 3.07 bits per heavy atom. The van der Waals surface area contributed by atoms with E-state index < -0.39 is 0 Å². The molecule has 6 heteroatoms. The third-order valence-electron chi connectivity index (χ3n) is 2.54. The van der Waals surface area contributed by atoms with E-state index in [2.05, 4.69) is 4.98 Å². The van der Waals surface area contributed by atoms with Crippen molar-refractivity contribution in [3.8, 4) is 0 Å². The smallest absolute Gasteiger partial charge is 0.240 e. The van der Waals surface area contributed by atoms with Gasteiger partial charge in [0.25, 0.3) is 0 Å². The quantitative estimate of drug-likeness (QED) is 0.862. The first-order chi connectivity index (χ1) is 7.18. The lowest BCUT2D eigenvalue weighted by Crippen LogP contribution is -2.47. The number of amides is 1. The summed E-state index contributed by atoms with van der Waals surface area (Å²) in [5.74, 6) is -0.277. The van der Waals surface area contributed by atoms with E-state index in [0.717, 1.165) is 30.9 Å². The van der Waals surface area contributed by atoms with Crippen molar-refractivity contribution in [3.05, 3.63) is 10.5 Å². The van der Waals surface area contributed by atoms with Crippen molar-refractivity contribution in [2.75, 3.05) is 11.4 Å². The van der Waals surface area contributed by atoms with Crippen LogP contribution in [0.15, 0.2) is 5.38 Å². The van der Waals surface area contributed by atoms with Gasteiger partial charge in [0.15, 0.2) is 5.13 Å². The Labute approximate surface area is 97.0 Å². The minimum Gasteiger partial charge on any atom is -0.368 e. The number of hydrogen-bond donors (Lipinski definition) is 1. The fraction of sp³-hybridized carbons (Fsp3) is 0.556. The van der Waals surface area contributed by atoms with Crippen molar-refractivity contribution >= 4 is 34.0 Å². The first-order valence-corrected chi connectivity index (χ1v) is 6.11. The first-order valence-electron chi connectivity index (χ1n) is 4.85. The highest BCUT2D eigenvalue weighted by Gasteiger charge is 2.28. The number of rotatable bonds is 2. The number of primary amides is 1. The van der Waals surface area contributed by atoms with Crippen LogP contribution in [0.25, 0.3) is 0 Å². The van der Waals surface area contributed by atoms with Gasteiger partial charge >= 0.3 is 0 Å². The van der Waals surface area contributed by atoms with Crippen molar-refractivity contribution in [3.63, 3.8) is 0 Å². The molecular formula is C9H12ClN3OS. The van der Waals surface area contributed by atoms with E-state index in [-0.39, 0.29) is 11.9 Å². The number of nitrogens with zero attached hydrogens (tertiary/aromatic N) is 2. The molecule has 1 aliphatic rings. The monoisotopic (exact) mass is 245 g/mol. The normalized spacial score (nSPS) is 21.7. The van der Waals surface area contributed by atoms with Crippen LogP contribution in [0.5, 0.6) is 0 Å². The van der Waals surface area contributed by atoms with E-state index in [9.17, 15) is 4.79 Å². The summed E-state index contributed by atoms with van der Waals surface area (Å²) in [5.41, 5.74) is 5.36. The molecule has 1 aromatic heterocycles. The summed E-state index contributed by atoms with van der Waals surface area (Å²) in [4.78, 5) is 17.4. The molecule has 1 amide bonds. The van der Waals surface area contributed by atoms with Crippen molar-refractivity contribution in [1.82, 2.24) is 4.98 Å². The number of thiazole rings is 1. The van der Waals surface area contributed by atoms with Crippen molar-refractivity contribution in [1.29, 1.82) is 0 Å². The molecule has 2 N–H and O–H groups in total. The average molecular weight is 246 g/mol. The van der Waals surface area contributed by atoms with Gasteiger partial charge in [-0.25, -0.2) is 4.98 Å². The predicted molar refractivity (Wildman–Crippen MR) is 61.3 cm³/mol. The molecule has 0 aromatic carbocycles. The van der Waals surface area contributed by atoms with Gasteiger partial charge in [0.05, 0.1) is 0 Å². The maximum Gasteiger partial charge on any atom is 0.240 e. The molecule has 4 nitrogen and oxygen atoms in total. The summed E-state index contributed by atoms with van der Waals surface area (Å²) in [6.45, 7) is 0.831. The fourth-order valence-electron chi connectivity index (χ4n) is 1.83. The number of piperidine rings is 1. The topological polar surface area (TPSA) is 59.2 Å². The molecular weight excluding hydrogens is 234 g/mol. The molecule has 1 atom stereocenters. The van der Waals surface area contributed by atoms with Crippen LogP contribution in [-0.2, 0) is 4.79 Å². The van der Waals surface area contributed by atoms with E-state index in [4.69, 9.17) is 17.3 Å². The van der Waals surface area contributed by atoms with E-state index in [1.165, 1.54) is 11.3 Å². The standard InChI is InChI=1S/C9H12ClN3OS/c10-7-5-15-9(12-7)13-4-2-1-3-6(13)8(11)14/h5-6H,1-4H2,(H2,11,14). The van der Waals surface area contributed by atoms with Crippen molar-refractivity contribution in [2.24, 2.45) is 5.73 Å². The van der Waals surface area contributed by atoms with Crippen LogP contribution in [0.3, 0.4) is 0 Å². The molecule has 0 saturated carbocycles. The predicted octanol–water partition coefficient (Wildman–Crippen LogP) is 1.64. The van der Waals surface area contributed by atoms with Crippen molar-refractivity contribution < 1.29 is 4.79 Å². The maximum absolute atomic E-state index is 11.3. The van der Waals surface area contributed by atoms with Gasteiger partial charge in [-0.3, -0.25) is 4.79 Å². The number of carbonyl (C=O) groups is 1. The molecule has 0 radical (unpaired) electrons. The minimum atomic E-state index is -0.277. The van der Waals surface area contributed by atoms with Crippen LogP contribution in [0.4, 0.5) is 5.13 Å². The van der Waals surface area contributed by atoms with E-state index >= 15 is 0 Å². The van der Waals surface area contributed by atoms with E-state index in [1.54, 1.807) is 5.38 Å². The third kappa shape index (κ3) is 2.23. The molecule has 1 unspecified atom stereocenters. The van der Waals surface area contributed by atoms with Gasteiger partial charge in [0.1, 0.15) is 11.2 Å². The Hall–Kier alpha value is -0.810. The van der Waals surface area contributed by atoms with Crippen molar-refractivity contribution in [2.45, 2.75) is 25.3 Å². The molecule has 82 valence electrons. The average Bonchev–Trinajstić information content (AvgIpc) is 2.65. The van der Waals surface area contributed by atoms with Crippen LogP contribution in [0, 0.1) is 0 Å². The lowest BCUT2D eigenvalue weighted by atomic mass is 10.0. The molecule has 1 fully saturated rings. The Balaban J connectivity index is 2.21. The fourth-order valence-corrected chi connectivity index (χ4v) is 2.86. The summed E-state index contributed by atoms with van der Waals surface area (Å²) in [5, 5.41) is 3.04. The number of carbonyl (C=O) groups excluding carboxylic acids is 1. The molecule has 1 saturated heterocycles. The largest absolute Gasteiger partial charge is 0.368 e. The number of hydrogen-bond acceptors (Lipinski definition) is 4. The van der Waals surface area contributed by atoms with Gasteiger partial charge in [0, 0.05) is 11.9 Å². The molecule has 0 bridgehead atoms. The van der Waals surface area contributed by atoms with Gasteiger partial charge in [-0.2, -0.15) is 0 Å². The third-order valence-corrected chi connectivity index (χ3v) is 3.74. The second kappa shape index (κ2) is 4.37. The summed E-state index contributed by atoms with van der Waals surface area (Å²) in [6.07, 6.45) is 2.93. The number of halogens is 1. The van der Waals surface area contributed by atoms with E-state index in [0.29, 0.717) is 5.15 Å². The SMILES string of the molecule is NC(=O)C1CCCCN1c1nc(Cl)cs1. The number of aromatic nitrogens is 1. The number of anilines is 1. The van der Waals surface area contributed by atoms with Crippen LogP contribution < -0.4 is 10.6 Å². The lowest BCUT2D eigenvalue weighted by Gasteiger charge is -2.33. The maximum atomic E-state index is 11.3. The zero-order chi connectivity index (χ0) is 10.8. The van der Waals surface area contributed by atoms with Gasteiger partial charge in [-0.1, -0.05) is 11.6 Å². The lowest BCUT2D eigenvalue weighted by molar-refractivity contribution is -0.119. The van der Waals surface area contributed by atoms with Gasteiger partial charge in [0.2, 0.25) is 5.91 Å². The Kier molecular flexibility index (Phi) is 3.11. The highest BCUT2D eigenvalue weighted by Crippen LogP contribution is 2.29. The molecule has 2 rings (SSSR count). The summed E-state index contributed by atoms with van der Waals surface area (Å²) < 4.78 is 0. The molecule has 1 aliphatic heterocycles. The highest BCUT2D eigenvalue weighted by atomic mass is 35.5. The summed E-state index contributed by atoms with van der Waals surface area (Å²) >= 11 is 7.22. The highest BCUT2D eigenvalue weighted by molar-refractivity contribution is 7.14. The zero-order valence-electron chi connectivity index (χ0n) is 8.15. The molecule has 2 heterocycles. The van der Waals surface area contributed by atoms with Gasteiger partial charge < -0.3 is 10.6 Å². The van der Waals surface area contributed by atoms with Crippen LogP contribution >= 0.6 is 22.9 Å². The second-order valence-electron chi connectivity index (χ2n) is 3.56. The molecule has 0 aliphatic carbocycles. The Bertz CT molecular complexity index is 368. The molecule has 0 spiro atoms. The molecule has 1 aromatic rings. The summed E-state index contributed by atoms with van der Waals surface area (Å²) in [6, 6.07) is -0.221. The van der Waals surface area contributed by atoms with Gasteiger partial charge in [-0.05, 0) is 19.3 Å². The first kappa shape index (κ1) is 10.7. The number of nitrogens with two attached hydrogens (primary N) is 1. The zero-order valence-corrected chi connectivity index (χ0v) is 9.72. The minimum absolute atomic E-state index is 0.221.